The summed E-state index contributed by atoms with van der Waals surface area (Å²) in [5.41, 5.74) is 3.79. The molecule has 1 N–H and O–H groups in total. The Morgan fingerprint density at radius 3 is 2.82 bits per heavy atom. The number of fused-ring (bicyclic) bond motifs is 1. The number of ether oxygens (including phenoxy) is 1. The smallest absolute Gasteiger partial charge is 0.265 e. The third kappa shape index (κ3) is 3.92. The van der Waals surface area contributed by atoms with Crippen molar-refractivity contribution in [2.45, 2.75) is 26.4 Å². The number of carbonyl (C=O) groups is 1. The summed E-state index contributed by atoms with van der Waals surface area (Å²) in [4.78, 5) is 18.1. The Hall–Kier alpha value is -3.12. The maximum absolute atomic E-state index is 12.5. The summed E-state index contributed by atoms with van der Waals surface area (Å²) in [6.07, 6.45) is 4.34. The number of hydrogen-bond donors (Lipinski definition) is 1. The molecule has 0 bridgehead atoms. The van der Waals surface area contributed by atoms with Gasteiger partial charge in [-0.3, -0.25) is 9.20 Å². The van der Waals surface area contributed by atoms with Gasteiger partial charge in [-0.25, -0.2) is 4.98 Å². The van der Waals surface area contributed by atoms with Crippen LogP contribution in [0.15, 0.2) is 66.3 Å². The van der Waals surface area contributed by atoms with Crippen LogP contribution in [-0.4, -0.2) is 21.4 Å². The molecule has 0 radical (unpaired) electrons. The monoisotopic (exact) mass is 391 g/mol. The van der Waals surface area contributed by atoms with Gasteiger partial charge in [0.05, 0.1) is 5.69 Å². The van der Waals surface area contributed by atoms with E-state index in [1.807, 2.05) is 70.7 Å². The first-order valence-corrected chi connectivity index (χ1v) is 10.1. The van der Waals surface area contributed by atoms with E-state index in [1.165, 1.54) is 5.56 Å². The van der Waals surface area contributed by atoms with Crippen LogP contribution in [0, 0.1) is 0 Å². The molecule has 1 unspecified atom stereocenters. The van der Waals surface area contributed by atoms with Crippen LogP contribution in [0.3, 0.4) is 0 Å². The number of carbonyl (C=O) groups excluding carboxylic acids is 1. The molecular weight excluding hydrogens is 370 g/mol. The molecule has 6 heteroatoms. The molecular formula is C22H21N3O2S. The highest BCUT2D eigenvalue weighted by Gasteiger charge is 2.15. The molecule has 0 aliphatic heterocycles. The molecule has 1 amide bonds. The topological polar surface area (TPSA) is 55.6 Å². The summed E-state index contributed by atoms with van der Waals surface area (Å²) in [6, 6.07) is 15.5. The molecule has 2 aromatic carbocycles. The maximum atomic E-state index is 12.5. The van der Waals surface area contributed by atoms with Gasteiger partial charge in [-0.2, -0.15) is 0 Å². The van der Waals surface area contributed by atoms with Crippen LogP contribution >= 0.6 is 11.3 Å². The van der Waals surface area contributed by atoms with Gasteiger partial charge in [-0.05, 0) is 43.2 Å². The summed E-state index contributed by atoms with van der Waals surface area (Å²) in [6.45, 7) is 3.85. The van der Waals surface area contributed by atoms with Gasteiger partial charge >= 0.3 is 0 Å². The predicted molar refractivity (Wildman–Crippen MR) is 113 cm³/mol. The second kappa shape index (κ2) is 7.86. The molecule has 0 spiro atoms. The first kappa shape index (κ1) is 18.3. The van der Waals surface area contributed by atoms with Crippen molar-refractivity contribution in [1.29, 1.82) is 0 Å². The van der Waals surface area contributed by atoms with Gasteiger partial charge in [0.1, 0.15) is 5.75 Å². The van der Waals surface area contributed by atoms with Crippen LogP contribution in [0.1, 0.15) is 19.4 Å². The van der Waals surface area contributed by atoms with Crippen LogP contribution in [-0.2, 0) is 11.2 Å². The highest BCUT2D eigenvalue weighted by atomic mass is 32.1. The molecule has 28 heavy (non-hydrogen) atoms. The lowest BCUT2D eigenvalue weighted by Gasteiger charge is -2.15. The number of nitrogens with one attached hydrogen (secondary N) is 1. The Morgan fingerprint density at radius 1 is 1.25 bits per heavy atom. The van der Waals surface area contributed by atoms with Crippen molar-refractivity contribution in [3.05, 3.63) is 71.9 Å². The van der Waals surface area contributed by atoms with Crippen LogP contribution < -0.4 is 10.1 Å². The molecule has 0 saturated carbocycles. The Balaban J connectivity index is 1.44. The molecule has 1 atom stereocenters. The molecule has 5 nitrogen and oxygen atoms in total. The minimum Gasteiger partial charge on any atom is -0.481 e. The second-order valence-corrected chi connectivity index (χ2v) is 7.42. The van der Waals surface area contributed by atoms with Crippen molar-refractivity contribution >= 4 is 27.9 Å². The maximum Gasteiger partial charge on any atom is 0.265 e. The molecule has 142 valence electrons. The zero-order valence-electron chi connectivity index (χ0n) is 15.8. The van der Waals surface area contributed by atoms with Crippen LogP contribution in [0.5, 0.6) is 5.75 Å². The number of thiazole rings is 1. The number of aromatic nitrogens is 2. The van der Waals surface area contributed by atoms with Gasteiger partial charge in [0.2, 0.25) is 0 Å². The highest BCUT2D eigenvalue weighted by molar-refractivity contribution is 7.15. The fourth-order valence-electron chi connectivity index (χ4n) is 2.93. The van der Waals surface area contributed by atoms with Crippen LogP contribution in [0.25, 0.3) is 16.2 Å². The number of anilines is 1. The first-order valence-electron chi connectivity index (χ1n) is 9.21. The summed E-state index contributed by atoms with van der Waals surface area (Å²) < 4.78 is 7.76. The van der Waals surface area contributed by atoms with Crippen LogP contribution in [0.2, 0.25) is 0 Å². The minimum absolute atomic E-state index is 0.192. The lowest BCUT2D eigenvalue weighted by Crippen LogP contribution is -2.30. The van der Waals surface area contributed by atoms with Crippen molar-refractivity contribution in [2.75, 3.05) is 5.32 Å². The SMILES string of the molecule is CCc1ccc(OC(C)C(=O)Nc2cccc(-c3cn4ccsc4n3)c2)cc1. The van der Waals surface area contributed by atoms with Gasteiger partial charge in [0, 0.05) is 29.0 Å². The molecule has 0 aliphatic rings. The summed E-state index contributed by atoms with van der Waals surface area (Å²) in [5, 5.41) is 4.93. The summed E-state index contributed by atoms with van der Waals surface area (Å²) in [5.74, 6) is 0.495. The molecule has 2 heterocycles. The molecule has 0 saturated heterocycles. The average Bonchev–Trinajstić information content (AvgIpc) is 3.31. The van der Waals surface area contributed by atoms with E-state index in [1.54, 1.807) is 18.3 Å². The van der Waals surface area contributed by atoms with E-state index in [0.717, 1.165) is 28.3 Å². The number of amides is 1. The average molecular weight is 391 g/mol. The van der Waals surface area contributed by atoms with Crippen molar-refractivity contribution < 1.29 is 9.53 Å². The normalized spacial score (nSPS) is 12.1. The fraction of sp³-hybridized carbons (Fsp3) is 0.182. The van der Waals surface area contributed by atoms with E-state index >= 15 is 0 Å². The number of aryl methyl sites for hydroxylation is 1. The molecule has 2 aromatic heterocycles. The number of nitrogens with zero attached hydrogens (tertiary/aromatic N) is 2. The van der Waals surface area contributed by atoms with Gasteiger partial charge in [0.15, 0.2) is 11.1 Å². The van der Waals surface area contributed by atoms with E-state index < -0.39 is 6.10 Å². The largest absolute Gasteiger partial charge is 0.481 e. The lowest BCUT2D eigenvalue weighted by molar-refractivity contribution is -0.122. The van der Waals surface area contributed by atoms with Crippen molar-refractivity contribution in [1.82, 2.24) is 9.38 Å². The van der Waals surface area contributed by atoms with E-state index in [4.69, 9.17) is 4.74 Å². The number of imidazole rings is 1. The number of hydrogen-bond acceptors (Lipinski definition) is 4. The van der Waals surface area contributed by atoms with Gasteiger partial charge in [0.25, 0.3) is 5.91 Å². The summed E-state index contributed by atoms with van der Waals surface area (Å²) in [7, 11) is 0. The van der Waals surface area contributed by atoms with Gasteiger partial charge in [-0.1, -0.05) is 31.2 Å². The first-order chi connectivity index (χ1) is 13.6. The predicted octanol–water partition coefficient (Wildman–Crippen LogP) is 5.03. The lowest BCUT2D eigenvalue weighted by atomic mass is 10.1. The Morgan fingerprint density at radius 2 is 2.07 bits per heavy atom. The van der Waals surface area contributed by atoms with E-state index in [-0.39, 0.29) is 5.91 Å². The molecule has 0 fully saturated rings. The van der Waals surface area contributed by atoms with Crippen LogP contribution in [0.4, 0.5) is 5.69 Å². The quantitative estimate of drug-likeness (QED) is 0.501. The third-order valence-electron chi connectivity index (χ3n) is 4.53. The Bertz CT molecular complexity index is 1070. The van der Waals surface area contributed by atoms with E-state index in [2.05, 4.69) is 17.2 Å². The standard InChI is InChI=1S/C22H21N3O2S/c1-3-16-7-9-19(10-8-16)27-15(2)21(26)23-18-6-4-5-17(13-18)20-14-25-11-12-28-22(25)24-20/h4-15H,3H2,1-2H3,(H,23,26). The third-order valence-corrected chi connectivity index (χ3v) is 5.30. The second-order valence-electron chi connectivity index (χ2n) is 6.55. The molecule has 4 aromatic rings. The van der Waals surface area contributed by atoms with Crippen molar-refractivity contribution in [2.24, 2.45) is 0 Å². The number of rotatable bonds is 6. The minimum atomic E-state index is -0.603. The Kier molecular flexibility index (Phi) is 5.12. The molecule has 4 rings (SSSR count). The zero-order chi connectivity index (χ0) is 19.5. The van der Waals surface area contributed by atoms with Crippen molar-refractivity contribution in [3.63, 3.8) is 0 Å². The highest BCUT2D eigenvalue weighted by Crippen LogP contribution is 2.24. The van der Waals surface area contributed by atoms with Gasteiger partial charge < -0.3 is 10.1 Å². The van der Waals surface area contributed by atoms with E-state index in [9.17, 15) is 4.79 Å². The van der Waals surface area contributed by atoms with Crippen molar-refractivity contribution in [3.8, 4) is 17.0 Å². The van der Waals surface area contributed by atoms with Gasteiger partial charge in [-0.15, -0.1) is 11.3 Å². The zero-order valence-corrected chi connectivity index (χ0v) is 16.6. The molecule has 0 aliphatic carbocycles. The fourth-order valence-corrected chi connectivity index (χ4v) is 3.63. The summed E-state index contributed by atoms with van der Waals surface area (Å²) >= 11 is 1.59. The number of benzene rings is 2. The Labute approximate surface area is 167 Å². The van der Waals surface area contributed by atoms with E-state index in [0.29, 0.717) is 5.75 Å².